The van der Waals surface area contributed by atoms with Crippen molar-refractivity contribution in [1.29, 1.82) is 0 Å². The zero-order valence-corrected chi connectivity index (χ0v) is 15.7. The van der Waals surface area contributed by atoms with Crippen LogP contribution in [0.25, 0.3) is 0 Å². The number of carbonyl (C=O) groups excluding carboxylic acids is 3. The smallest absolute Gasteiger partial charge is 0.337 e. The Morgan fingerprint density at radius 2 is 1.71 bits per heavy atom. The number of esters is 1. The van der Waals surface area contributed by atoms with Crippen molar-refractivity contribution in [3.63, 3.8) is 0 Å². The molecule has 1 fully saturated rings. The van der Waals surface area contributed by atoms with Gasteiger partial charge in [-0.2, -0.15) is 0 Å². The van der Waals surface area contributed by atoms with Gasteiger partial charge in [0.1, 0.15) is 0 Å². The number of benzene rings is 1. The third-order valence-corrected chi connectivity index (χ3v) is 4.45. The maximum absolute atomic E-state index is 12.5. The Kier molecular flexibility index (Phi) is 5.83. The van der Waals surface area contributed by atoms with E-state index in [2.05, 4.69) is 15.5 Å². The molecule has 0 spiro atoms. The molecule has 0 radical (unpaired) electrons. The fourth-order valence-corrected chi connectivity index (χ4v) is 2.89. The largest absolute Gasteiger partial charge is 0.465 e. The average Bonchev–Trinajstić information content (AvgIpc) is 2.73. The van der Waals surface area contributed by atoms with E-state index in [-0.39, 0.29) is 17.5 Å². The molecule has 2 amide bonds. The number of anilines is 2. The van der Waals surface area contributed by atoms with Crippen LogP contribution in [0, 0.1) is 0 Å². The van der Waals surface area contributed by atoms with E-state index in [0.29, 0.717) is 43.2 Å². The summed E-state index contributed by atoms with van der Waals surface area (Å²) in [6.45, 7) is 3.51. The lowest BCUT2D eigenvalue weighted by Gasteiger charge is -2.33. The number of methoxy groups -OCH3 is 1. The standard InChI is InChI=1S/C19H21N5O4/c1-13(25)23-8-10-24(11-9-23)18(26)16-6-7-17(22-21-16)20-15-5-3-4-14(12-15)19(27)28-2/h3-7,12H,8-11H2,1-2H3,(H,20,22). The van der Waals surface area contributed by atoms with E-state index >= 15 is 0 Å². The third kappa shape index (κ3) is 4.43. The van der Waals surface area contributed by atoms with E-state index in [4.69, 9.17) is 4.74 Å². The molecule has 1 aromatic heterocycles. The second kappa shape index (κ2) is 8.47. The van der Waals surface area contributed by atoms with E-state index < -0.39 is 5.97 Å². The lowest BCUT2D eigenvalue weighted by Crippen LogP contribution is -2.50. The molecule has 1 aliphatic rings. The molecule has 2 heterocycles. The van der Waals surface area contributed by atoms with Crippen molar-refractivity contribution < 1.29 is 19.1 Å². The Bertz CT molecular complexity index is 876. The Balaban J connectivity index is 1.63. The molecule has 0 unspecified atom stereocenters. The average molecular weight is 383 g/mol. The summed E-state index contributed by atoms with van der Waals surface area (Å²) in [4.78, 5) is 38.9. The first kappa shape index (κ1) is 19.3. The fraction of sp³-hybridized carbons (Fsp3) is 0.316. The second-order valence-electron chi connectivity index (χ2n) is 6.30. The van der Waals surface area contributed by atoms with Crippen molar-refractivity contribution in [3.8, 4) is 0 Å². The molecule has 1 aromatic carbocycles. The minimum Gasteiger partial charge on any atom is -0.465 e. The van der Waals surface area contributed by atoms with Crippen molar-refractivity contribution in [2.24, 2.45) is 0 Å². The number of nitrogens with one attached hydrogen (secondary N) is 1. The topological polar surface area (TPSA) is 105 Å². The summed E-state index contributed by atoms with van der Waals surface area (Å²) < 4.78 is 4.70. The summed E-state index contributed by atoms with van der Waals surface area (Å²) >= 11 is 0. The third-order valence-electron chi connectivity index (χ3n) is 4.45. The molecule has 1 saturated heterocycles. The SMILES string of the molecule is COC(=O)c1cccc(Nc2ccc(C(=O)N3CCN(C(C)=O)CC3)nn2)c1. The quantitative estimate of drug-likeness (QED) is 0.794. The highest BCUT2D eigenvalue weighted by molar-refractivity contribution is 5.92. The van der Waals surface area contributed by atoms with Crippen molar-refractivity contribution in [3.05, 3.63) is 47.7 Å². The van der Waals surface area contributed by atoms with Crippen molar-refractivity contribution >= 4 is 29.3 Å². The number of nitrogens with zero attached hydrogens (tertiary/aromatic N) is 4. The molecule has 28 heavy (non-hydrogen) atoms. The maximum atomic E-state index is 12.5. The first-order valence-corrected chi connectivity index (χ1v) is 8.82. The number of rotatable bonds is 4. The number of amides is 2. The van der Waals surface area contributed by atoms with Crippen LogP contribution in [0.2, 0.25) is 0 Å². The van der Waals surface area contributed by atoms with E-state index in [1.54, 1.807) is 46.2 Å². The summed E-state index contributed by atoms with van der Waals surface area (Å²) in [5, 5.41) is 11.1. The van der Waals surface area contributed by atoms with Crippen LogP contribution in [0.1, 0.15) is 27.8 Å². The van der Waals surface area contributed by atoms with E-state index in [1.807, 2.05) is 0 Å². The van der Waals surface area contributed by atoms with Gasteiger partial charge >= 0.3 is 5.97 Å². The van der Waals surface area contributed by atoms with Gasteiger partial charge in [-0.1, -0.05) is 6.07 Å². The summed E-state index contributed by atoms with van der Waals surface area (Å²) in [6.07, 6.45) is 0. The molecule has 1 N–H and O–H groups in total. The number of ether oxygens (including phenoxy) is 1. The predicted octanol–water partition coefficient (Wildman–Crippen LogP) is 1.31. The molecule has 2 aromatic rings. The molecule has 9 heteroatoms. The van der Waals surface area contributed by atoms with E-state index in [9.17, 15) is 14.4 Å². The van der Waals surface area contributed by atoms with Gasteiger partial charge in [-0.25, -0.2) is 4.79 Å². The van der Waals surface area contributed by atoms with Crippen LogP contribution >= 0.6 is 0 Å². The molecule has 0 saturated carbocycles. The van der Waals surface area contributed by atoms with Crippen molar-refractivity contribution in [2.45, 2.75) is 6.92 Å². The minimum absolute atomic E-state index is 0.0126. The molecule has 3 rings (SSSR count). The molecule has 146 valence electrons. The van der Waals surface area contributed by atoms with Crippen LogP contribution in [-0.4, -0.2) is 71.1 Å². The van der Waals surface area contributed by atoms with Crippen LogP contribution in [0.3, 0.4) is 0 Å². The number of piperazine rings is 1. The Labute approximate surface area is 162 Å². The fourth-order valence-electron chi connectivity index (χ4n) is 2.89. The zero-order chi connectivity index (χ0) is 20.1. The van der Waals surface area contributed by atoms with Crippen LogP contribution in [0.4, 0.5) is 11.5 Å². The Morgan fingerprint density at radius 1 is 1.00 bits per heavy atom. The van der Waals surface area contributed by atoms with Crippen molar-refractivity contribution in [2.75, 3.05) is 38.6 Å². The van der Waals surface area contributed by atoms with Gasteiger partial charge in [-0.15, -0.1) is 10.2 Å². The first-order chi connectivity index (χ1) is 13.5. The Morgan fingerprint density at radius 3 is 2.32 bits per heavy atom. The summed E-state index contributed by atoms with van der Waals surface area (Å²) in [5.41, 5.74) is 1.30. The van der Waals surface area contributed by atoms with Gasteiger partial charge in [-0.05, 0) is 30.3 Å². The normalized spacial score (nSPS) is 13.8. The molecule has 0 atom stereocenters. The highest BCUT2D eigenvalue weighted by Crippen LogP contribution is 2.17. The molecular formula is C19H21N5O4. The zero-order valence-electron chi connectivity index (χ0n) is 15.7. The molecule has 0 bridgehead atoms. The molecule has 1 aliphatic heterocycles. The monoisotopic (exact) mass is 383 g/mol. The van der Waals surface area contributed by atoms with Gasteiger partial charge in [-0.3, -0.25) is 9.59 Å². The first-order valence-electron chi connectivity index (χ1n) is 8.82. The van der Waals surface area contributed by atoms with Gasteiger partial charge < -0.3 is 19.9 Å². The van der Waals surface area contributed by atoms with Crippen LogP contribution < -0.4 is 5.32 Å². The van der Waals surface area contributed by atoms with E-state index in [1.165, 1.54) is 14.0 Å². The van der Waals surface area contributed by atoms with Gasteiger partial charge in [0.15, 0.2) is 11.5 Å². The minimum atomic E-state index is -0.430. The summed E-state index contributed by atoms with van der Waals surface area (Å²) in [5.74, 6) is -0.186. The van der Waals surface area contributed by atoms with Crippen LogP contribution in [0.15, 0.2) is 36.4 Å². The van der Waals surface area contributed by atoms with E-state index in [0.717, 1.165) is 0 Å². The van der Waals surface area contributed by atoms with Crippen molar-refractivity contribution in [1.82, 2.24) is 20.0 Å². The second-order valence-corrected chi connectivity index (χ2v) is 6.30. The predicted molar refractivity (Wildman–Crippen MR) is 101 cm³/mol. The molecule has 0 aliphatic carbocycles. The van der Waals surface area contributed by atoms with Gasteiger partial charge in [0.05, 0.1) is 12.7 Å². The number of aromatic nitrogens is 2. The number of carbonyl (C=O) groups is 3. The lowest BCUT2D eigenvalue weighted by atomic mass is 10.2. The molecular weight excluding hydrogens is 362 g/mol. The number of hydrogen-bond donors (Lipinski definition) is 1. The Hall–Kier alpha value is -3.49. The summed E-state index contributed by atoms with van der Waals surface area (Å²) in [6, 6.07) is 10.0. The maximum Gasteiger partial charge on any atom is 0.337 e. The van der Waals surface area contributed by atoms with Gasteiger partial charge in [0.2, 0.25) is 5.91 Å². The van der Waals surface area contributed by atoms with Gasteiger partial charge in [0.25, 0.3) is 5.91 Å². The van der Waals surface area contributed by atoms with Crippen LogP contribution in [-0.2, 0) is 9.53 Å². The highest BCUT2D eigenvalue weighted by Gasteiger charge is 2.24. The molecule has 9 nitrogen and oxygen atoms in total. The lowest BCUT2D eigenvalue weighted by molar-refractivity contribution is -0.130. The summed E-state index contributed by atoms with van der Waals surface area (Å²) in [7, 11) is 1.32. The van der Waals surface area contributed by atoms with Gasteiger partial charge in [0, 0.05) is 38.8 Å². The number of hydrogen-bond acceptors (Lipinski definition) is 7. The highest BCUT2D eigenvalue weighted by atomic mass is 16.5. The van der Waals surface area contributed by atoms with Crippen LogP contribution in [0.5, 0.6) is 0 Å².